The minimum Gasteiger partial charge on any atom is -0.569 e. The van der Waals surface area contributed by atoms with Crippen LogP contribution < -0.4 is 4.72 Å². The van der Waals surface area contributed by atoms with Crippen LogP contribution in [0.2, 0.25) is 0 Å². The number of carbonyl (C=O) groups is 2. The Labute approximate surface area is 249 Å². The normalized spacial score (nSPS) is 15.5. The lowest BCUT2D eigenvalue weighted by Crippen LogP contribution is -2.59. The first-order valence-electron chi connectivity index (χ1n) is 13.0. The van der Waals surface area contributed by atoms with E-state index in [9.17, 15) is 36.4 Å². The number of amides is 1. The van der Waals surface area contributed by atoms with Crippen molar-refractivity contribution >= 4 is 22.1 Å². The standard InChI is InChI=1S/C26H27F3N6O8S/c1-16(2)43-25(37)41-15-42-32-35(38)33-13-12-21(33)24(36)31-44(39,40)20-10-8-19(9-11-20)34-22(14-23(30-34)26(27,28)29)18-6-4-17(3)5-7-18/h4-11,14,16,21H,12-13,15H2,1-3H3,(H,31,36)/t21-/m0/s1. The van der Waals surface area contributed by atoms with Crippen molar-refractivity contribution in [1.29, 1.82) is 0 Å². The van der Waals surface area contributed by atoms with Gasteiger partial charge in [0.25, 0.3) is 22.7 Å². The average Bonchev–Trinajstić information content (AvgIpc) is 3.37. The number of aryl methyl sites for hydroxylation is 1. The summed E-state index contributed by atoms with van der Waals surface area (Å²) in [6.45, 7) is 4.31. The van der Waals surface area contributed by atoms with Crippen molar-refractivity contribution in [2.75, 3.05) is 13.3 Å². The van der Waals surface area contributed by atoms with Crippen LogP contribution in [0.3, 0.4) is 0 Å². The summed E-state index contributed by atoms with van der Waals surface area (Å²) < 4.78 is 78.4. The maximum atomic E-state index is 13.5. The Hall–Kier alpha value is -4.87. The molecule has 2 aromatic carbocycles. The molecule has 1 aromatic heterocycles. The highest BCUT2D eigenvalue weighted by molar-refractivity contribution is 7.90. The number of rotatable bonds is 10. The van der Waals surface area contributed by atoms with Gasteiger partial charge in [0.2, 0.25) is 5.28 Å². The fourth-order valence-electron chi connectivity index (χ4n) is 3.94. The molecule has 0 saturated carbocycles. The van der Waals surface area contributed by atoms with E-state index in [2.05, 4.69) is 20.0 Å². The monoisotopic (exact) mass is 640 g/mol. The van der Waals surface area contributed by atoms with Gasteiger partial charge in [0.05, 0.1) is 33.9 Å². The van der Waals surface area contributed by atoms with Crippen LogP contribution in [0.1, 0.15) is 31.5 Å². The number of hydrogen-bond acceptors (Lipinski definition) is 10. The Balaban J connectivity index is 1.44. The van der Waals surface area contributed by atoms with E-state index in [4.69, 9.17) is 4.74 Å². The lowest BCUT2D eigenvalue weighted by atomic mass is 10.1. The topological polar surface area (TPSA) is 167 Å². The van der Waals surface area contributed by atoms with Gasteiger partial charge in [-0.25, -0.2) is 22.6 Å². The molecule has 0 aliphatic carbocycles. The molecule has 1 N–H and O–H groups in total. The highest BCUT2D eigenvalue weighted by Crippen LogP contribution is 2.33. The van der Waals surface area contributed by atoms with Crippen molar-refractivity contribution in [1.82, 2.24) is 19.5 Å². The van der Waals surface area contributed by atoms with E-state index in [1.54, 1.807) is 38.1 Å². The summed E-state index contributed by atoms with van der Waals surface area (Å²) in [5, 5.41) is 19.8. The minimum atomic E-state index is -4.72. The molecule has 1 aliphatic heterocycles. The number of hydrogen-bond donors (Lipinski definition) is 1. The summed E-state index contributed by atoms with van der Waals surface area (Å²) in [5.41, 5.74) is 0.492. The number of benzene rings is 2. The van der Waals surface area contributed by atoms with E-state index in [1.165, 1.54) is 12.1 Å². The Kier molecular flexibility index (Phi) is 9.31. The lowest BCUT2D eigenvalue weighted by Gasteiger charge is -2.33. The third-order valence-electron chi connectivity index (χ3n) is 6.18. The molecule has 1 atom stereocenters. The van der Waals surface area contributed by atoms with Gasteiger partial charge in [-0.05, 0) is 51.1 Å². The molecule has 14 nitrogen and oxygen atoms in total. The van der Waals surface area contributed by atoms with Crippen LogP contribution in [-0.4, -0.2) is 65.7 Å². The summed E-state index contributed by atoms with van der Waals surface area (Å²) in [4.78, 5) is 28.1. The quantitative estimate of drug-likeness (QED) is 0.0852. The molecular weight excluding hydrogens is 613 g/mol. The summed E-state index contributed by atoms with van der Waals surface area (Å²) >= 11 is 0. The molecule has 1 amide bonds. The van der Waals surface area contributed by atoms with Gasteiger partial charge in [-0.1, -0.05) is 29.8 Å². The zero-order valence-electron chi connectivity index (χ0n) is 23.5. The number of nitrogens with one attached hydrogen (secondary N) is 1. The summed E-state index contributed by atoms with van der Waals surface area (Å²) in [6, 6.07) is 11.1. The lowest BCUT2D eigenvalue weighted by molar-refractivity contribution is -0.729. The Morgan fingerprint density at radius 1 is 1.16 bits per heavy atom. The first-order valence-corrected chi connectivity index (χ1v) is 14.5. The smallest absolute Gasteiger partial charge is 0.511 e. The fourth-order valence-corrected chi connectivity index (χ4v) is 4.95. The number of halogens is 3. The maximum absolute atomic E-state index is 13.5. The summed E-state index contributed by atoms with van der Waals surface area (Å²) in [5.74, 6) is -1.03. The second-order valence-electron chi connectivity index (χ2n) is 9.76. The van der Waals surface area contributed by atoms with Crippen molar-refractivity contribution < 1.29 is 50.5 Å². The predicted octanol–water partition coefficient (Wildman–Crippen LogP) is 4.07. The predicted molar refractivity (Wildman–Crippen MR) is 144 cm³/mol. The molecular formula is C26H27F3N6O8S. The molecule has 0 radical (unpaired) electrons. The zero-order valence-corrected chi connectivity index (χ0v) is 24.3. The van der Waals surface area contributed by atoms with Crippen LogP contribution in [0, 0.1) is 12.1 Å². The van der Waals surface area contributed by atoms with Gasteiger partial charge in [-0.3, -0.25) is 4.79 Å². The molecule has 1 saturated heterocycles. The number of nitrogens with zero attached hydrogens (tertiary/aromatic N) is 5. The van der Waals surface area contributed by atoms with E-state index in [-0.39, 0.29) is 34.2 Å². The van der Waals surface area contributed by atoms with Crippen LogP contribution in [0.25, 0.3) is 16.9 Å². The largest absolute Gasteiger partial charge is 0.569 e. The number of carbonyl (C=O) groups excluding carboxylic acids is 2. The molecule has 1 fully saturated rings. The third-order valence-corrected chi connectivity index (χ3v) is 7.54. The highest BCUT2D eigenvalue weighted by Gasteiger charge is 2.42. The van der Waals surface area contributed by atoms with Gasteiger partial charge < -0.3 is 19.5 Å². The van der Waals surface area contributed by atoms with Gasteiger partial charge in [0, 0.05) is 12.0 Å². The third kappa shape index (κ3) is 7.55. The second-order valence-corrected chi connectivity index (χ2v) is 11.4. The van der Waals surface area contributed by atoms with Gasteiger partial charge >= 0.3 is 12.3 Å². The number of ether oxygens (including phenoxy) is 2. The maximum Gasteiger partial charge on any atom is 0.511 e. The van der Waals surface area contributed by atoms with Crippen molar-refractivity contribution in [2.45, 2.75) is 50.4 Å². The first kappa shape index (κ1) is 32.1. The van der Waals surface area contributed by atoms with Crippen LogP contribution in [0.5, 0.6) is 0 Å². The Bertz CT molecular complexity index is 1640. The van der Waals surface area contributed by atoms with Crippen LogP contribution in [-0.2, 0) is 35.3 Å². The molecule has 0 unspecified atom stereocenters. The Morgan fingerprint density at radius 3 is 2.39 bits per heavy atom. The molecule has 236 valence electrons. The van der Waals surface area contributed by atoms with Crippen molar-refractivity contribution in [3.05, 3.63) is 71.1 Å². The van der Waals surface area contributed by atoms with E-state index in [0.29, 0.717) is 5.56 Å². The van der Waals surface area contributed by atoms with Gasteiger partial charge in [0.1, 0.15) is 0 Å². The highest BCUT2D eigenvalue weighted by atomic mass is 32.2. The summed E-state index contributed by atoms with van der Waals surface area (Å²) in [7, 11) is -4.44. The van der Waals surface area contributed by atoms with Crippen molar-refractivity contribution in [3.63, 3.8) is 0 Å². The van der Waals surface area contributed by atoms with E-state index in [1.807, 2.05) is 11.6 Å². The van der Waals surface area contributed by atoms with Crippen molar-refractivity contribution in [3.8, 4) is 16.9 Å². The Morgan fingerprint density at radius 2 is 1.82 bits per heavy atom. The fraction of sp³-hybridized carbons (Fsp3) is 0.346. The molecule has 3 aromatic rings. The molecule has 0 bridgehead atoms. The van der Waals surface area contributed by atoms with E-state index in [0.717, 1.165) is 33.5 Å². The molecule has 4 rings (SSSR count). The van der Waals surface area contributed by atoms with Crippen LogP contribution >= 0.6 is 0 Å². The van der Waals surface area contributed by atoms with Gasteiger partial charge in [-0.2, -0.15) is 18.3 Å². The molecule has 0 spiro atoms. The number of hydrazine groups is 1. The molecule has 44 heavy (non-hydrogen) atoms. The minimum absolute atomic E-state index is 0.0482. The average molecular weight is 641 g/mol. The number of alkyl halides is 3. The van der Waals surface area contributed by atoms with Crippen molar-refractivity contribution in [2.24, 2.45) is 5.28 Å². The summed E-state index contributed by atoms with van der Waals surface area (Å²) in [6.07, 6.45) is -6.09. The molecule has 1 aliphatic rings. The number of sulfonamides is 1. The second kappa shape index (κ2) is 12.8. The van der Waals surface area contributed by atoms with E-state index >= 15 is 0 Å². The van der Waals surface area contributed by atoms with Crippen LogP contribution in [0.4, 0.5) is 18.0 Å². The molecule has 2 heterocycles. The SMILES string of the molecule is Cc1ccc(-c2cc(C(F)(F)F)nn2-c2ccc(S(=O)(=O)NC(=O)[C@@H]3CCN3[N+]([O-])=NOCOC(=O)OC(C)C)cc2)cc1. The number of aromatic nitrogens is 2. The van der Waals surface area contributed by atoms with E-state index < -0.39 is 52.9 Å². The van der Waals surface area contributed by atoms with Crippen LogP contribution in [0.15, 0.2) is 64.8 Å². The van der Waals surface area contributed by atoms with Gasteiger partial charge in [-0.15, -0.1) is 5.01 Å². The molecule has 18 heteroatoms. The first-order chi connectivity index (χ1) is 20.7. The van der Waals surface area contributed by atoms with Gasteiger partial charge in [0.15, 0.2) is 11.7 Å². The zero-order chi connectivity index (χ0) is 32.2.